The van der Waals surface area contributed by atoms with Crippen molar-refractivity contribution in [2.45, 2.75) is 25.9 Å². The molecular formula is C14H23NO4. The molecule has 108 valence electrons. The standard InChI is InChI=1S/C14H23NO4/c1-10(6-5-7-15)19-11-8-12(16-2)14(18-4)13(9-11)17-3/h8-10H,5-7,15H2,1-4H3. The fraction of sp³-hybridized carbons (Fsp3) is 0.571. The number of rotatable bonds is 8. The molecule has 0 heterocycles. The minimum absolute atomic E-state index is 0.0892. The zero-order valence-corrected chi connectivity index (χ0v) is 12.1. The third kappa shape index (κ3) is 4.21. The van der Waals surface area contributed by atoms with E-state index in [0.29, 0.717) is 29.5 Å². The van der Waals surface area contributed by atoms with Crippen molar-refractivity contribution in [3.63, 3.8) is 0 Å². The molecule has 0 aliphatic heterocycles. The van der Waals surface area contributed by atoms with E-state index in [4.69, 9.17) is 24.7 Å². The van der Waals surface area contributed by atoms with Crippen molar-refractivity contribution < 1.29 is 18.9 Å². The molecule has 0 spiro atoms. The molecule has 0 aliphatic carbocycles. The number of hydrogen-bond donors (Lipinski definition) is 1. The molecule has 19 heavy (non-hydrogen) atoms. The molecule has 1 aromatic rings. The van der Waals surface area contributed by atoms with Crippen LogP contribution in [0.1, 0.15) is 19.8 Å². The van der Waals surface area contributed by atoms with Gasteiger partial charge in [0.05, 0.1) is 27.4 Å². The average molecular weight is 269 g/mol. The highest BCUT2D eigenvalue weighted by molar-refractivity contribution is 5.55. The molecule has 0 saturated carbocycles. The summed E-state index contributed by atoms with van der Waals surface area (Å²) >= 11 is 0. The number of hydrogen-bond acceptors (Lipinski definition) is 5. The van der Waals surface area contributed by atoms with Gasteiger partial charge in [-0.25, -0.2) is 0 Å². The van der Waals surface area contributed by atoms with Crippen LogP contribution in [0.5, 0.6) is 23.0 Å². The number of ether oxygens (including phenoxy) is 4. The second kappa shape index (κ2) is 7.74. The van der Waals surface area contributed by atoms with Crippen LogP contribution in [-0.2, 0) is 0 Å². The summed E-state index contributed by atoms with van der Waals surface area (Å²) in [6.45, 7) is 2.68. The second-order valence-corrected chi connectivity index (χ2v) is 4.22. The number of methoxy groups -OCH3 is 3. The van der Waals surface area contributed by atoms with Crippen LogP contribution in [0.2, 0.25) is 0 Å². The Morgan fingerprint density at radius 1 is 1.05 bits per heavy atom. The third-order valence-corrected chi connectivity index (χ3v) is 2.79. The van der Waals surface area contributed by atoms with Gasteiger partial charge in [-0.15, -0.1) is 0 Å². The number of benzene rings is 1. The van der Waals surface area contributed by atoms with E-state index in [1.807, 2.05) is 6.92 Å². The zero-order valence-electron chi connectivity index (χ0n) is 12.1. The lowest BCUT2D eigenvalue weighted by atomic mass is 10.2. The van der Waals surface area contributed by atoms with Gasteiger partial charge < -0.3 is 24.7 Å². The maximum absolute atomic E-state index is 5.83. The molecule has 5 nitrogen and oxygen atoms in total. The minimum atomic E-state index is 0.0892. The van der Waals surface area contributed by atoms with Crippen LogP contribution in [0.15, 0.2) is 12.1 Å². The summed E-state index contributed by atoms with van der Waals surface area (Å²) in [5, 5.41) is 0. The Morgan fingerprint density at radius 3 is 2.05 bits per heavy atom. The lowest BCUT2D eigenvalue weighted by Crippen LogP contribution is -2.14. The topological polar surface area (TPSA) is 62.9 Å². The number of nitrogens with two attached hydrogens (primary N) is 1. The van der Waals surface area contributed by atoms with Gasteiger partial charge in [0.2, 0.25) is 5.75 Å². The van der Waals surface area contributed by atoms with Crippen molar-refractivity contribution in [2.24, 2.45) is 5.73 Å². The Labute approximate surface area is 114 Å². The lowest BCUT2D eigenvalue weighted by Gasteiger charge is -2.18. The first kappa shape index (κ1) is 15.4. The SMILES string of the molecule is COc1cc(OC(C)CCCN)cc(OC)c1OC. The summed E-state index contributed by atoms with van der Waals surface area (Å²) < 4.78 is 21.6. The predicted octanol–water partition coefficient (Wildman–Crippen LogP) is 2.22. The molecule has 2 N–H and O–H groups in total. The van der Waals surface area contributed by atoms with E-state index >= 15 is 0 Å². The summed E-state index contributed by atoms with van der Waals surface area (Å²) in [5.41, 5.74) is 5.49. The van der Waals surface area contributed by atoms with Gasteiger partial charge in [0.1, 0.15) is 5.75 Å². The molecule has 0 aliphatic rings. The fourth-order valence-corrected chi connectivity index (χ4v) is 1.82. The van der Waals surface area contributed by atoms with E-state index in [9.17, 15) is 0 Å². The largest absolute Gasteiger partial charge is 0.493 e. The first-order valence-electron chi connectivity index (χ1n) is 6.33. The van der Waals surface area contributed by atoms with E-state index in [2.05, 4.69) is 0 Å². The summed E-state index contributed by atoms with van der Waals surface area (Å²) in [7, 11) is 4.74. The third-order valence-electron chi connectivity index (χ3n) is 2.79. The van der Waals surface area contributed by atoms with Crippen LogP contribution in [0, 0.1) is 0 Å². The van der Waals surface area contributed by atoms with Crippen LogP contribution >= 0.6 is 0 Å². The highest BCUT2D eigenvalue weighted by atomic mass is 16.5. The lowest BCUT2D eigenvalue weighted by molar-refractivity contribution is 0.206. The van der Waals surface area contributed by atoms with Gasteiger partial charge in [-0.1, -0.05) is 0 Å². The molecule has 0 radical (unpaired) electrons. The van der Waals surface area contributed by atoms with Crippen LogP contribution in [0.25, 0.3) is 0 Å². The molecule has 5 heteroatoms. The smallest absolute Gasteiger partial charge is 0.203 e. The molecule has 0 fully saturated rings. The van der Waals surface area contributed by atoms with Gasteiger partial charge in [-0.05, 0) is 26.3 Å². The molecule has 0 aromatic heterocycles. The van der Waals surface area contributed by atoms with Crippen molar-refractivity contribution in [1.29, 1.82) is 0 Å². The van der Waals surface area contributed by atoms with E-state index in [1.54, 1.807) is 33.5 Å². The van der Waals surface area contributed by atoms with Gasteiger partial charge in [-0.3, -0.25) is 0 Å². The quantitative estimate of drug-likeness (QED) is 0.784. The maximum Gasteiger partial charge on any atom is 0.203 e. The highest BCUT2D eigenvalue weighted by Gasteiger charge is 2.15. The van der Waals surface area contributed by atoms with Crippen molar-refractivity contribution in [3.8, 4) is 23.0 Å². The first-order chi connectivity index (χ1) is 9.15. The van der Waals surface area contributed by atoms with Crippen LogP contribution in [0.3, 0.4) is 0 Å². The summed E-state index contributed by atoms with van der Waals surface area (Å²) in [6, 6.07) is 3.58. The molecule has 0 amide bonds. The second-order valence-electron chi connectivity index (χ2n) is 4.22. The predicted molar refractivity (Wildman–Crippen MR) is 74.5 cm³/mol. The van der Waals surface area contributed by atoms with Crippen molar-refractivity contribution in [3.05, 3.63) is 12.1 Å². The van der Waals surface area contributed by atoms with Crippen molar-refractivity contribution >= 4 is 0 Å². The average Bonchev–Trinajstić information content (AvgIpc) is 2.43. The molecular weight excluding hydrogens is 246 g/mol. The van der Waals surface area contributed by atoms with Crippen molar-refractivity contribution in [1.82, 2.24) is 0 Å². The van der Waals surface area contributed by atoms with Crippen LogP contribution < -0.4 is 24.7 Å². The van der Waals surface area contributed by atoms with E-state index < -0.39 is 0 Å². The Morgan fingerprint density at radius 2 is 1.63 bits per heavy atom. The van der Waals surface area contributed by atoms with Crippen molar-refractivity contribution in [2.75, 3.05) is 27.9 Å². The van der Waals surface area contributed by atoms with E-state index in [1.165, 1.54) is 0 Å². The Balaban J connectivity index is 2.90. The summed E-state index contributed by atoms with van der Waals surface area (Å²) in [5.74, 6) is 2.43. The van der Waals surface area contributed by atoms with Gasteiger partial charge in [-0.2, -0.15) is 0 Å². The molecule has 1 aromatic carbocycles. The normalized spacial score (nSPS) is 11.8. The summed E-state index contributed by atoms with van der Waals surface area (Å²) in [4.78, 5) is 0. The van der Waals surface area contributed by atoms with Crippen LogP contribution in [-0.4, -0.2) is 34.0 Å². The Bertz CT molecular complexity index is 370. The van der Waals surface area contributed by atoms with Gasteiger partial charge in [0.25, 0.3) is 0 Å². The van der Waals surface area contributed by atoms with E-state index in [-0.39, 0.29) is 6.10 Å². The molecule has 1 atom stereocenters. The first-order valence-corrected chi connectivity index (χ1v) is 6.33. The highest BCUT2D eigenvalue weighted by Crippen LogP contribution is 2.41. The molecule has 0 bridgehead atoms. The fourth-order valence-electron chi connectivity index (χ4n) is 1.82. The minimum Gasteiger partial charge on any atom is -0.493 e. The Kier molecular flexibility index (Phi) is 6.29. The van der Waals surface area contributed by atoms with Gasteiger partial charge >= 0.3 is 0 Å². The van der Waals surface area contributed by atoms with E-state index in [0.717, 1.165) is 12.8 Å². The monoisotopic (exact) mass is 269 g/mol. The van der Waals surface area contributed by atoms with Gasteiger partial charge in [0.15, 0.2) is 11.5 Å². The Hall–Kier alpha value is -1.62. The molecule has 1 rings (SSSR count). The van der Waals surface area contributed by atoms with Gasteiger partial charge in [0, 0.05) is 12.1 Å². The molecule has 0 saturated heterocycles. The zero-order chi connectivity index (χ0) is 14.3. The maximum atomic E-state index is 5.83. The summed E-state index contributed by atoms with van der Waals surface area (Å²) in [6.07, 6.45) is 1.94. The molecule has 1 unspecified atom stereocenters. The van der Waals surface area contributed by atoms with Crippen LogP contribution in [0.4, 0.5) is 0 Å².